The Balaban J connectivity index is 1.98. The molecule has 0 aromatic heterocycles. The summed E-state index contributed by atoms with van der Waals surface area (Å²) in [5.41, 5.74) is 0.538. The lowest BCUT2D eigenvalue weighted by Crippen LogP contribution is -2.55. The second-order valence-electron chi connectivity index (χ2n) is 7.28. The highest BCUT2D eigenvalue weighted by Gasteiger charge is 2.35. The highest BCUT2D eigenvalue weighted by atomic mass is 15.3. The van der Waals surface area contributed by atoms with Gasteiger partial charge in [-0.25, -0.2) is 0 Å². The Morgan fingerprint density at radius 2 is 1.80 bits per heavy atom. The van der Waals surface area contributed by atoms with E-state index in [1.165, 1.54) is 71.2 Å². The van der Waals surface area contributed by atoms with Crippen molar-refractivity contribution in [2.45, 2.75) is 58.4 Å². The van der Waals surface area contributed by atoms with Gasteiger partial charge in [0.25, 0.3) is 0 Å². The first kappa shape index (κ1) is 16.3. The Labute approximate surface area is 126 Å². The van der Waals surface area contributed by atoms with Gasteiger partial charge in [0.1, 0.15) is 0 Å². The van der Waals surface area contributed by atoms with Crippen molar-refractivity contribution in [2.75, 3.05) is 46.3 Å². The molecular weight excluding hydrogens is 246 g/mol. The Morgan fingerprint density at radius 3 is 2.40 bits per heavy atom. The summed E-state index contributed by atoms with van der Waals surface area (Å²) in [5.74, 6) is 0. The van der Waals surface area contributed by atoms with E-state index in [1.807, 2.05) is 0 Å². The van der Waals surface area contributed by atoms with Crippen molar-refractivity contribution in [1.29, 1.82) is 0 Å². The second-order valence-corrected chi connectivity index (χ2v) is 7.28. The van der Waals surface area contributed by atoms with Crippen molar-refractivity contribution >= 4 is 0 Å². The molecular formula is C17H35N3. The predicted octanol–water partition coefficient (Wildman–Crippen LogP) is 2.57. The van der Waals surface area contributed by atoms with Crippen molar-refractivity contribution < 1.29 is 0 Å². The highest BCUT2D eigenvalue weighted by Crippen LogP contribution is 2.36. The summed E-state index contributed by atoms with van der Waals surface area (Å²) in [6.45, 7) is 12.0. The van der Waals surface area contributed by atoms with Crippen LogP contribution in [0.15, 0.2) is 0 Å². The molecule has 0 radical (unpaired) electrons. The van der Waals surface area contributed by atoms with Gasteiger partial charge >= 0.3 is 0 Å². The molecule has 1 unspecified atom stereocenters. The van der Waals surface area contributed by atoms with Gasteiger partial charge in [-0.05, 0) is 38.8 Å². The molecule has 1 aliphatic heterocycles. The predicted molar refractivity (Wildman–Crippen MR) is 87.2 cm³/mol. The molecule has 3 heteroatoms. The highest BCUT2D eigenvalue weighted by molar-refractivity contribution is 4.90. The van der Waals surface area contributed by atoms with E-state index in [4.69, 9.17) is 0 Å². The SMILES string of the molecule is CCNCC1(CN2CCN(C)CC2C)CCCCCC1. The maximum absolute atomic E-state index is 3.66. The summed E-state index contributed by atoms with van der Waals surface area (Å²) in [4.78, 5) is 5.24. The Bertz CT molecular complexity index is 271. The Kier molecular flexibility index (Phi) is 6.31. The molecule has 1 heterocycles. The van der Waals surface area contributed by atoms with Gasteiger partial charge < -0.3 is 10.2 Å². The molecule has 20 heavy (non-hydrogen) atoms. The summed E-state index contributed by atoms with van der Waals surface area (Å²) in [6.07, 6.45) is 8.64. The van der Waals surface area contributed by atoms with Crippen LogP contribution in [0, 0.1) is 5.41 Å². The van der Waals surface area contributed by atoms with Crippen LogP contribution < -0.4 is 5.32 Å². The maximum atomic E-state index is 3.66. The average Bonchev–Trinajstić information content (AvgIpc) is 2.66. The van der Waals surface area contributed by atoms with E-state index in [9.17, 15) is 0 Å². The first-order valence-electron chi connectivity index (χ1n) is 8.78. The molecule has 1 aliphatic carbocycles. The molecule has 2 fully saturated rings. The zero-order valence-electron chi connectivity index (χ0n) is 14.0. The number of nitrogens with zero attached hydrogens (tertiary/aromatic N) is 2. The molecule has 2 aliphatic rings. The van der Waals surface area contributed by atoms with Crippen LogP contribution in [-0.2, 0) is 0 Å². The van der Waals surface area contributed by atoms with E-state index in [1.54, 1.807) is 0 Å². The molecule has 0 spiro atoms. The van der Waals surface area contributed by atoms with Gasteiger partial charge in [0, 0.05) is 38.8 Å². The van der Waals surface area contributed by atoms with Crippen LogP contribution in [0.5, 0.6) is 0 Å². The van der Waals surface area contributed by atoms with E-state index in [0.29, 0.717) is 5.41 Å². The molecule has 1 atom stereocenters. The molecule has 2 rings (SSSR count). The van der Waals surface area contributed by atoms with Gasteiger partial charge in [0.05, 0.1) is 0 Å². The van der Waals surface area contributed by atoms with E-state index in [2.05, 4.69) is 36.0 Å². The molecule has 1 saturated carbocycles. The molecule has 0 bridgehead atoms. The zero-order valence-corrected chi connectivity index (χ0v) is 14.0. The van der Waals surface area contributed by atoms with Crippen molar-refractivity contribution in [3.05, 3.63) is 0 Å². The van der Waals surface area contributed by atoms with Crippen LogP contribution >= 0.6 is 0 Å². The summed E-state index contributed by atoms with van der Waals surface area (Å²) in [6, 6.07) is 0.718. The fraction of sp³-hybridized carbons (Fsp3) is 1.00. The number of nitrogens with one attached hydrogen (secondary N) is 1. The van der Waals surface area contributed by atoms with Gasteiger partial charge in [-0.2, -0.15) is 0 Å². The second kappa shape index (κ2) is 7.77. The number of rotatable bonds is 5. The van der Waals surface area contributed by atoms with E-state index in [-0.39, 0.29) is 0 Å². The van der Waals surface area contributed by atoms with Crippen LogP contribution in [0.1, 0.15) is 52.4 Å². The summed E-state index contributed by atoms with van der Waals surface area (Å²) in [7, 11) is 2.26. The first-order valence-corrected chi connectivity index (χ1v) is 8.78. The van der Waals surface area contributed by atoms with Crippen LogP contribution in [0.2, 0.25) is 0 Å². The van der Waals surface area contributed by atoms with Gasteiger partial charge in [0.2, 0.25) is 0 Å². The Morgan fingerprint density at radius 1 is 1.10 bits per heavy atom. The third-order valence-corrected chi connectivity index (χ3v) is 5.42. The van der Waals surface area contributed by atoms with E-state index < -0.39 is 0 Å². The van der Waals surface area contributed by atoms with Crippen LogP contribution in [0.3, 0.4) is 0 Å². The molecule has 0 aromatic carbocycles. The standard InChI is InChI=1S/C17H35N3/c1-4-18-14-17(9-7-5-6-8-10-17)15-20-12-11-19(3)13-16(20)2/h16,18H,4-15H2,1-3H3. The first-order chi connectivity index (χ1) is 9.65. The average molecular weight is 281 g/mol. The molecule has 0 aromatic rings. The molecule has 0 amide bonds. The van der Waals surface area contributed by atoms with Crippen LogP contribution in [0.25, 0.3) is 0 Å². The minimum absolute atomic E-state index is 0.538. The normalized spacial score (nSPS) is 29.2. The Hall–Kier alpha value is -0.120. The molecule has 1 saturated heterocycles. The summed E-state index contributed by atoms with van der Waals surface area (Å²) in [5, 5.41) is 3.66. The zero-order chi connectivity index (χ0) is 14.4. The lowest BCUT2D eigenvalue weighted by molar-refractivity contribution is 0.0467. The lowest BCUT2D eigenvalue weighted by atomic mass is 9.79. The third kappa shape index (κ3) is 4.44. The summed E-state index contributed by atoms with van der Waals surface area (Å²) >= 11 is 0. The third-order valence-electron chi connectivity index (χ3n) is 5.42. The van der Waals surface area contributed by atoms with Crippen LogP contribution in [-0.4, -0.2) is 62.2 Å². The molecule has 1 N–H and O–H groups in total. The maximum Gasteiger partial charge on any atom is 0.0195 e. The monoisotopic (exact) mass is 281 g/mol. The number of hydrogen-bond donors (Lipinski definition) is 1. The lowest BCUT2D eigenvalue weighted by Gasteiger charge is -2.44. The van der Waals surface area contributed by atoms with Crippen molar-refractivity contribution in [1.82, 2.24) is 15.1 Å². The van der Waals surface area contributed by atoms with Crippen molar-refractivity contribution in [3.63, 3.8) is 0 Å². The topological polar surface area (TPSA) is 18.5 Å². The van der Waals surface area contributed by atoms with Gasteiger partial charge in [-0.3, -0.25) is 4.90 Å². The minimum Gasteiger partial charge on any atom is -0.316 e. The fourth-order valence-electron chi connectivity index (χ4n) is 4.10. The van der Waals surface area contributed by atoms with Gasteiger partial charge in [-0.15, -0.1) is 0 Å². The number of likely N-dealkylation sites (N-methyl/N-ethyl adjacent to an activating group) is 1. The molecule has 118 valence electrons. The molecule has 3 nitrogen and oxygen atoms in total. The van der Waals surface area contributed by atoms with Crippen molar-refractivity contribution in [2.24, 2.45) is 5.41 Å². The van der Waals surface area contributed by atoms with Crippen LogP contribution in [0.4, 0.5) is 0 Å². The quantitative estimate of drug-likeness (QED) is 0.782. The van der Waals surface area contributed by atoms with Gasteiger partial charge in [-0.1, -0.05) is 32.6 Å². The largest absolute Gasteiger partial charge is 0.316 e. The van der Waals surface area contributed by atoms with Crippen molar-refractivity contribution in [3.8, 4) is 0 Å². The van der Waals surface area contributed by atoms with Gasteiger partial charge in [0.15, 0.2) is 0 Å². The van der Waals surface area contributed by atoms with E-state index >= 15 is 0 Å². The number of hydrogen-bond acceptors (Lipinski definition) is 3. The smallest absolute Gasteiger partial charge is 0.0195 e. The van der Waals surface area contributed by atoms with E-state index in [0.717, 1.165) is 12.6 Å². The minimum atomic E-state index is 0.538. The number of piperazine rings is 1. The fourth-order valence-corrected chi connectivity index (χ4v) is 4.10. The summed E-state index contributed by atoms with van der Waals surface area (Å²) < 4.78 is 0.